The van der Waals surface area contributed by atoms with Gasteiger partial charge in [-0.2, -0.15) is 0 Å². The third kappa shape index (κ3) is 4.16. The summed E-state index contributed by atoms with van der Waals surface area (Å²) in [5.74, 6) is 0.783. The molecule has 0 amide bonds. The fourth-order valence-corrected chi connectivity index (χ4v) is 2.53. The summed E-state index contributed by atoms with van der Waals surface area (Å²) in [6, 6.07) is 9.69. The van der Waals surface area contributed by atoms with Crippen molar-refractivity contribution in [3.05, 3.63) is 35.4 Å². The zero-order valence-electron chi connectivity index (χ0n) is 11.8. The highest BCUT2D eigenvalue weighted by molar-refractivity contribution is 5.23. The van der Waals surface area contributed by atoms with Crippen molar-refractivity contribution >= 4 is 0 Å². The van der Waals surface area contributed by atoms with Crippen LogP contribution in [0.2, 0.25) is 0 Å². The Morgan fingerprint density at radius 2 is 1.47 bits per heavy atom. The van der Waals surface area contributed by atoms with Crippen LogP contribution in [0, 0.1) is 5.92 Å². The second-order valence-corrected chi connectivity index (χ2v) is 4.85. The number of rotatable bonds is 7. The molecule has 0 aromatic heterocycles. The van der Waals surface area contributed by atoms with E-state index in [1.165, 1.54) is 24.0 Å². The Kier molecular flexibility index (Phi) is 6.28. The van der Waals surface area contributed by atoms with Crippen LogP contribution in [0.5, 0.6) is 0 Å². The molecule has 1 atom stereocenters. The summed E-state index contributed by atoms with van der Waals surface area (Å²) >= 11 is 0. The number of hydrogen-bond donors (Lipinski definition) is 1. The van der Waals surface area contributed by atoms with Gasteiger partial charge in [-0.1, -0.05) is 57.9 Å². The third-order valence-corrected chi connectivity index (χ3v) is 3.88. The third-order valence-electron chi connectivity index (χ3n) is 3.88. The molecule has 17 heavy (non-hydrogen) atoms. The zero-order valence-corrected chi connectivity index (χ0v) is 11.8. The standard InChI is InChI=1S/C16H27N/c1-5-13-8-10-14(11-9-13)12-16(17-4)15(6-2)7-3/h8-11,15-17H,5-7,12H2,1-4H3. The minimum atomic E-state index is 0.609. The van der Waals surface area contributed by atoms with E-state index in [1.807, 2.05) is 0 Å². The van der Waals surface area contributed by atoms with E-state index >= 15 is 0 Å². The maximum absolute atomic E-state index is 3.48. The lowest BCUT2D eigenvalue weighted by molar-refractivity contribution is 0.349. The fourth-order valence-electron chi connectivity index (χ4n) is 2.53. The van der Waals surface area contributed by atoms with Crippen LogP contribution in [0.4, 0.5) is 0 Å². The van der Waals surface area contributed by atoms with Gasteiger partial charge >= 0.3 is 0 Å². The SMILES string of the molecule is CCc1ccc(CC(NC)C(CC)CC)cc1. The lowest BCUT2D eigenvalue weighted by atomic mass is 9.89. The molecular weight excluding hydrogens is 206 g/mol. The average Bonchev–Trinajstić information content (AvgIpc) is 2.39. The first kappa shape index (κ1) is 14.2. The molecule has 0 heterocycles. The molecule has 0 fully saturated rings. The lowest BCUT2D eigenvalue weighted by Crippen LogP contribution is -2.35. The summed E-state index contributed by atoms with van der Waals surface area (Å²) in [6.07, 6.45) is 4.79. The molecule has 0 saturated heterocycles. The molecule has 1 nitrogen and oxygen atoms in total. The van der Waals surface area contributed by atoms with Gasteiger partial charge in [-0.3, -0.25) is 0 Å². The van der Waals surface area contributed by atoms with Crippen LogP contribution in [0.1, 0.15) is 44.7 Å². The summed E-state index contributed by atoms with van der Waals surface area (Å²) in [5.41, 5.74) is 2.88. The van der Waals surface area contributed by atoms with Gasteiger partial charge in [-0.25, -0.2) is 0 Å². The highest BCUT2D eigenvalue weighted by Gasteiger charge is 2.16. The van der Waals surface area contributed by atoms with Crippen molar-refractivity contribution < 1.29 is 0 Å². The van der Waals surface area contributed by atoms with Crippen LogP contribution < -0.4 is 5.32 Å². The molecule has 0 aliphatic carbocycles. The second-order valence-electron chi connectivity index (χ2n) is 4.85. The number of benzene rings is 1. The fraction of sp³-hybridized carbons (Fsp3) is 0.625. The summed E-state index contributed by atoms with van der Waals surface area (Å²) in [7, 11) is 2.09. The van der Waals surface area contributed by atoms with Crippen molar-refractivity contribution in [3.63, 3.8) is 0 Å². The maximum atomic E-state index is 3.48. The van der Waals surface area contributed by atoms with Gasteiger partial charge in [0.15, 0.2) is 0 Å². The van der Waals surface area contributed by atoms with Crippen LogP contribution in [-0.4, -0.2) is 13.1 Å². The van der Waals surface area contributed by atoms with E-state index in [-0.39, 0.29) is 0 Å². The maximum Gasteiger partial charge on any atom is 0.0132 e. The van der Waals surface area contributed by atoms with Gasteiger partial charge < -0.3 is 5.32 Å². The van der Waals surface area contributed by atoms with Gasteiger partial charge in [0.2, 0.25) is 0 Å². The highest BCUT2D eigenvalue weighted by Crippen LogP contribution is 2.17. The van der Waals surface area contributed by atoms with E-state index in [0.29, 0.717) is 6.04 Å². The predicted octanol–water partition coefficient (Wildman–Crippen LogP) is 3.82. The number of hydrogen-bond acceptors (Lipinski definition) is 1. The first-order chi connectivity index (χ1) is 8.24. The van der Waals surface area contributed by atoms with Crippen molar-refractivity contribution in [2.75, 3.05) is 7.05 Å². The average molecular weight is 233 g/mol. The van der Waals surface area contributed by atoms with Gasteiger partial charge in [0.1, 0.15) is 0 Å². The Labute approximate surface area is 107 Å². The van der Waals surface area contributed by atoms with Gasteiger partial charge in [0, 0.05) is 6.04 Å². The topological polar surface area (TPSA) is 12.0 Å². The highest BCUT2D eigenvalue weighted by atomic mass is 14.9. The molecule has 1 unspecified atom stereocenters. The quantitative estimate of drug-likeness (QED) is 0.755. The Hall–Kier alpha value is -0.820. The summed E-state index contributed by atoms with van der Waals surface area (Å²) in [6.45, 7) is 6.78. The van der Waals surface area contributed by atoms with Crippen LogP contribution in [0.3, 0.4) is 0 Å². The van der Waals surface area contributed by atoms with E-state index in [2.05, 4.69) is 57.4 Å². The molecule has 0 radical (unpaired) electrons. The second kappa shape index (κ2) is 7.50. The lowest BCUT2D eigenvalue weighted by Gasteiger charge is -2.25. The predicted molar refractivity (Wildman–Crippen MR) is 76.4 cm³/mol. The largest absolute Gasteiger partial charge is 0.316 e. The zero-order chi connectivity index (χ0) is 12.7. The Balaban J connectivity index is 2.66. The number of aryl methyl sites for hydroxylation is 1. The van der Waals surface area contributed by atoms with Crippen molar-refractivity contribution in [3.8, 4) is 0 Å². The Morgan fingerprint density at radius 1 is 0.941 bits per heavy atom. The van der Waals surface area contributed by atoms with Crippen LogP contribution >= 0.6 is 0 Å². The Morgan fingerprint density at radius 3 is 1.88 bits per heavy atom. The van der Waals surface area contributed by atoms with Gasteiger partial charge in [-0.15, -0.1) is 0 Å². The van der Waals surface area contributed by atoms with Crippen molar-refractivity contribution in [2.24, 2.45) is 5.92 Å². The van der Waals surface area contributed by atoms with E-state index in [4.69, 9.17) is 0 Å². The van der Waals surface area contributed by atoms with E-state index < -0.39 is 0 Å². The van der Waals surface area contributed by atoms with Crippen molar-refractivity contribution in [1.29, 1.82) is 0 Å². The smallest absolute Gasteiger partial charge is 0.0132 e. The molecule has 0 saturated carbocycles. The molecule has 1 rings (SSSR count). The van der Waals surface area contributed by atoms with Gasteiger partial charge in [0.25, 0.3) is 0 Å². The van der Waals surface area contributed by atoms with Gasteiger partial charge in [0.05, 0.1) is 0 Å². The first-order valence-corrected chi connectivity index (χ1v) is 7.00. The number of likely N-dealkylation sites (N-methyl/N-ethyl adjacent to an activating group) is 1. The molecule has 0 spiro atoms. The van der Waals surface area contributed by atoms with Crippen LogP contribution in [0.15, 0.2) is 24.3 Å². The molecule has 1 aromatic rings. The molecule has 0 aliphatic rings. The van der Waals surface area contributed by atoms with E-state index in [9.17, 15) is 0 Å². The van der Waals surface area contributed by atoms with E-state index in [0.717, 1.165) is 18.8 Å². The molecule has 0 aliphatic heterocycles. The minimum absolute atomic E-state index is 0.609. The summed E-state index contributed by atoms with van der Waals surface area (Å²) in [4.78, 5) is 0. The molecule has 1 heteroatoms. The molecule has 1 N–H and O–H groups in total. The summed E-state index contributed by atoms with van der Waals surface area (Å²) < 4.78 is 0. The first-order valence-electron chi connectivity index (χ1n) is 7.00. The van der Waals surface area contributed by atoms with Crippen LogP contribution in [-0.2, 0) is 12.8 Å². The van der Waals surface area contributed by atoms with E-state index in [1.54, 1.807) is 0 Å². The minimum Gasteiger partial charge on any atom is -0.316 e. The normalized spacial score (nSPS) is 13.0. The van der Waals surface area contributed by atoms with Gasteiger partial charge in [-0.05, 0) is 36.9 Å². The summed E-state index contributed by atoms with van der Waals surface area (Å²) in [5, 5.41) is 3.48. The molecule has 0 bridgehead atoms. The molecule has 1 aromatic carbocycles. The van der Waals surface area contributed by atoms with Crippen LogP contribution in [0.25, 0.3) is 0 Å². The van der Waals surface area contributed by atoms with Crippen molar-refractivity contribution in [2.45, 2.75) is 52.5 Å². The number of nitrogens with one attached hydrogen (secondary N) is 1. The monoisotopic (exact) mass is 233 g/mol. The van der Waals surface area contributed by atoms with Crippen molar-refractivity contribution in [1.82, 2.24) is 5.32 Å². The molecular formula is C16H27N. The molecule has 96 valence electrons. The Bertz CT molecular complexity index is 298.